The lowest BCUT2D eigenvalue weighted by molar-refractivity contribution is -0.137. The number of hydrogen-bond donors (Lipinski definition) is 3. The molecule has 2 atom stereocenters. The number of ether oxygens (including phenoxy) is 1. The van der Waals surface area contributed by atoms with Crippen molar-refractivity contribution in [1.29, 1.82) is 0 Å². The molecule has 2 aliphatic carbocycles. The van der Waals surface area contributed by atoms with Crippen LogP contribution < -0.4 is 10.6 Å². The predicted molar refractivity (Wildman–Crippen MR) is 128 cm³/mol. The summed E-state index contributed by atoms with van der Waals surface area (Å²) in [5, 5.41) is 14.6. The van der Waals surface area contributed by atoms with Crippen molar-refractivity contribution in [2.24, 2.45) is 11.8 Å². The third kappa shape index (κ3) is 5.76. The van der Waals surface area contributed by atoms with Crippen LogP contribution in [0.4, 0.5) is 4.79 Å². The minimum atomic E-state index is -0.928. The van der Waals surface area contributed by atoms with E-state index in [-0.39, 0.29) is 43.2 Å². The molecule has 1 saturated carbocycles. The zero-order valence-corrected chi connectivity index (χ0v) is 19.5. The van der Waals surface area contributed by atoms with E-state index in [1.54, 1.807) is 0 Å². The van der Waals surface area contributed by atoms with Gasteiger partial charge in [0.1, 0.15) is 6.61 Å². The van der Waals surface area contributed by atoms with Gasteiger partial charge in [-0.15, -0.1) is 0 Å². The number of carboxylic acids is 1. The number of rotatable bonds is 11. The minimum Gasteiger partial charge on any atom is -0.481 e. The fourth-order valence-electron chi connectivity index (χ4n) is 4.87. The third-order valence-electron chi connectivity index (χ3n) is 6.87. The van der Waals surface area contributed by atoms with Crippen LogP contribution >= 0.6 is 0 Å². The highest BCUT2D eigenvalue weighted by atomic mass is 16.5. The molecule has 0 heterocycles. The standard InChI is InChI=1S/C27H32N2O5/c1-2-19(14-26(31)32)29-25(30)13-18(17-11-12-17)15-28-27(33)34-16-24-22-9-5-3-7-20(22)21-8-4-6-10-23(21)24/h3-10,17-19,24H,2,11-16H2,1H3,(H,28,33)(H,29,30)(H,31,32)/t18?,19-/m1/s1. The van der Waals surface area contributed by atoms with Crippen molar-refractivity contribution in [2.45, 2.75) is 51.0 Å². The summed E-state index contributed by atoms with van der Waals surface area (Å²) in [7, 11) is 0. The van der Waals surface area contributed by atoms with Crippen molar-refractivity contribution in [3.05, 3.63) is 59.7 Å². The predicted octanol–water partition coefficient (Wildman–Crippen LogP) is 4.31. The van der Waals surface area contributed by atoms with E-state index in [1.165, 1.54) is 11.1 Å². The zero-order chi connectivity index (χ0) is 24.1. The van der Waals surface area contributed by atoms with Crippen LogP contribution in [-0.2, 0) is 14.3 Å². The Balaban J connectivity index is 1.28. The number of nitrogens with one attached hydrogen (secondary N) is 2. The largest absolute Gasteiger partial charge is 0.481 e. The summed E-state index contributed by atoms with van der Waals surface area (Å²) in [4.78, 5) is 35.9. The second-order valence-corrected chi connectivity index (χ2v) is 9.28. The molecule has 0 bridgehead atoms. The van der Waals surface area contributed by atoms with Gasteiger partial charge in [-0.25, -0.2) is 4.79 Å². The first kappa shape index (κ1) is 23.8. The Labute approximate surface area is 199 Å². The van der Waals surface area contributed by atoms with Crippen molar-refractivity contribution in [1.82, 2.24) is 10.6 Å². The van der Waals surface area contributed by atoms with Gasteiger partial charge in [0, 0.05) is 24.9 Å². The number of carbonyl (C=O) groups is 3. The number of benzene rings is 2. The van der Waals surface area contributed by atoms with E-state index < -0.39 is 12.1 Å². The van der Waals surface area contributed by atoms with Crippen LogP contribution in [0.5, 0.6) is 0 Å². The average Bonchev–Trinajstić information content (AvgIpc) is 3.62. The molecule has 0 saturated heterocycles. The molecule has 1 fully saturated rings. The number of hydrogen-bond acceptors (Lipinski definition) is 4. The molecule has 0 aromatic heterocycles. The van der Waals surface area contributed by atoms with Crippen LogP contribution in [0.15, 0.2) is 48.5 Å². The van der Waals surface area contributed by atoms with Crippen molar-refractivity contribution < 1.29 is 24.2 Å². The first-order valence-corrected chi connectivity index (χ1v) is 12.1. The van der Waals surface area contributed by atoms with Gasteiger partial charge in [0.05, 0.1) is 6.42 Å². The maximum Gasteiger partial charge on any atom is 0.407 e. The first-order valence-electron chi connectivity index (χ1n) is 12.1. The van der Waals surface area contributed by atoms with Crippen molar-refractivity contribution >= 4 is 18.0 Å². The molecule has 7 heteroatoms. The second-order valence-electron chi connectivity index (χ2n) is 9.28. The summed E-state index contributed by atoms with van der Waals surface area (Å²) in [5.41, 5.74) is 4.69. The second kappa shape index (κ2) is 10.7. The number of amides is 2. The van der Waals surface area contributed by atoms with Crippen LogP contribution in [0.3, 0.4) is 0 Å². The quantitative estimate of drug-likeness (QED) is 0.460. The molecule has 4 rings (SSSR count). The number of carboxylic acid groups (broad SMARTS) is 1. The highest BCUT2D eigenvalue weighted by molar-refractivity contribution is 5.79. The summed E-state index contributed by atoms with van der Waals surface area (Å²) in [5.74, 6) is -0.674. The van der Waals surface area contributed by atoms with E-state index in [1.807, 2.05) is 31.2 Å². The Bertz CT molecular complexity index is 1000. The molecular weight excluding hydrogens is 432 g/mol. The van der Waals surface area contributed by atoms with E-state index in [0.717, 1.165) is 24.0 Å². The van der Waals surface area contributed by atoms with Crippen LogP contribution in [0, 0.1) is 11.8 Å². The average molecular weight is 465 g/mol. The van der Waals surface area contributed by atoms with Gasteiger partial charge in [-0.1, -0.05) is 55.5 Å². The molecule has 0 aliphatic heterocycles. The van der Waals surface area contributed by atoms with Crippen molar-refractivity contribution in [3.63, 3.8) is 0 Å². The van der Waals surface area contributed by atoms with Gasteiger partial charge in [0.15, 0.2) is 0 Å². The molecule has 2 aliphatic rings. The van der Waals surface area contributed by atoms with Gasteiger partial charge >= 0.3 is 12.1 Å². The molecule has 7 nitrogen and oxygen atoms in total. The summed E-state index contributed by atoms with van der Waals surface area (Å²) in [6.45, 7) is 2.47. The maximum atomic E-state index is 12.5. The summed E-state index contributed by atoms with van der Waals surface area (Å²) in [6, 6.07) is 16.0. The monoisotopic (exact) mass is 464 g/mol. The molecule has 2 amide bonds. The number of aliphatic carboxylic acids is 1. The lowest BCUT2D eigenvalue weighted by Gasteiger charge is -2.20. The van der Waals surface area contributed by atoms with E-state index in [0.29, 0.717) is 18.9 Å². The van der Waals surface area contributed by atoms with Crippen molar-refractivity contribution in [2.75, 3.05) is 13.2 Å². The normalized spacial score (nSPS) is 16.1. The molecule has 2 aromatic carbocycles. The van der Waals surface area contributed by atoms with Crippen LogP contribution in [0.25, 0.3) is 11.1 Å². The van der Waals surface area contributed by atoms with Gasteiger partial charge in [-0.2, -0.15) is 0 Å². The molecule has 34 heavy (non-hydrogen) atoms. The van der Waals surface area contributed by atoms with Crippen LogP contribution in [-0.4, -0.2) is 42.3 Å². The fourth-order valence-corrected chi connectivity index (χ4v) is 4.87. The summed E-state index contributed by atoms with van der Waals surface area (Å²) in [6.07, 6.45) is 2.33. The molecular formula is C27H32N2O5. The van der Waals surface area contributed by atoms with Gasteiger partial charge in [-0.3, -0.25) is 9.59 Å². The number of carbonyl (C=O) groups excluding carboxylic acids is 2. The topological polar surface area (TPSA) is 105 Å². The number of alkyl carbamates (subject to hydrolysis) is 1. The van der Waals surface area contributed by atoms with Crippen LogP contribution in [0.1, 0.15) is 56.1 Å². The lowest BCUT2D eigenvalue weighted by atomic mass is 9.98. The molecule has 0 spiro atoms. The zero-order valence-electron chi connectivity index (χ0n) is 19.5. The van der Waals surface area contributed by atoms with Gasteiger partial charge in [0.25, 0.3) is 0 Å². The van der Waals surface area contributed by atoms with Crippen molar-refractivity contribution in [3.8, 4) is 11.1 Å². The summed E-state index contributed by atoms with van der Waals surface area (Å²) < 4.78 is 5.61. The smallest absolute Gasteiger partial charge is 0.407 e. The minimum absolute atomic E-state index is 0.00312. The Morgan fingerprint density at radius 2 is 1.62 bits per heavy atom. The van der Waals surface area contributed by atoms with Gasteiger partial charge in [0.2, 0.25) is 5.91 Å². The van der Waals surface area contributed by atoms with E-state index in [4.69, 9.17) is 9.84 Å². The van der Waals surface area contributed by atoms with Gasteiger partial charge in [-0.05, 0) is 53.4 Å². The third-order valence-corrected chi connectivity index (χ3v) is 6.87. The molecule has 3 N–H and O–H groups in total. The molecule has 2 aromatic rings. The lowest BCUT2D eigenvalue weighted by Crippen LogP contribution is -2.39. The Morgan fingerprint density at radius 1 is 1.00 bits per heavy atom. The Morgan fingerprint density at radius 3 is 2.18 bits per heavy atom. The van der Waals surface area contributed by atoms with Gasteiger partial charge < -0.3 is 20.5 Å². The highest BCUT2D eigenvalue weighted by Gasteiger charge is 2.34. The SMILES string of the molecule is CC[C@H](CC(=O)O)NC(=O)CC(CNC(=O)OCC1c2ccccc2-c2ccccc21)C1CC1. The Kier molecular flexibility index (Phi) is 7.50. The maximum absolute atomic E-state index is 12.5. The fraction of sp³-hybridized carbons (Fsp3) is 0.444. The summed E-state index contributed by atoms with van der Waals surface area (Å²) >= 11 is 0. The molecule has 180 valence electrons. The Hall–Kier alpha value is -3.35. The molecule has 0 radical (unpaired) electrons. The first-order chi connectivity index (χ1) is 16.5. The van der Waals surface area contributed by atoms with E-state index in [2.05, 4.69) is 34.9 Å². The van der Waals surface area contributed by atoms with Crippen LogP contribution in [0.2, 0.25) is 0 Å². The van der Waals surface area contributed by atoms with E-state index >= 15 is 0 Å². The highest BCUT2D eigenvalue weighted by Crippen LogP contribution is 2.44. The molecule has 1 unspecified atom stereocenters. The number of fused-ring (bicyclic) bond motifs is 3. The van der Waals surface area contributed by atoms with E-state index in [9.17, 15) is 14.4 Å².